The van der Waals surface area contributed by atoms with Gasteiger partial charge in [-0.1, -0.05) is 19.3 Å². The van der Waals surface area contributed by atoms with E-state index in [9.17, 15) is 13.2 Å². The molecule has 1 saturated carbocycles. The van der Waals surface area contributed by atoms with Gasteiger partial charge in [0.2, 0.25) is 0 Å². The summed E-state index contributed by atoms with van der Waals surface area (Å²) < 4.78 is 40.8. The standard InChI is InChI=1S/C14H25F3N2O/c1-12-9-18-13(5-3-2-4-6-13)10-19(12)7-8-20-11-14(15,16)17/h12,18H,2-11H2,1H3. The molecule has 0 bridgehead atoms. The molecule has 1 atom stereocenters. The van der Waals surface area contributed by atoms with Crippen LogP contribution >= 0.6 is 0 Å². The van der Waals surface area contributed by atoms with Gasteiger partial charge in [-0.2, -0.15) is 13.2 Å². The molecule has 2 fully saturated rings. The molecule has 20 heavy (non-hydrogen) atoms. The summed E-state index contributed by atoms with van der Waals surface area (Å²) in [4.78, 5) is 2.28. The third kappa shape index (κ3) is 4.60. The molecule has 1 heterocycles. The predicted octanol–water partition coefficient (Wildman–Crippen LogP) is 2.56. The van der Waals surface area contributed by atoms with Gasteiger partial charge in [-0.25, -0.2) is 0 Å². The second-order valence-corrected chi connectivity index (χ2v) is 6.21. The third-order valence-electron chi connectivity index (χ3n) is 4.50. The van der Waals surface area contributed by atoms with E-state index in [1.165, 1.54) is 32.1 Å². The van der Waals surface area contributed by atoms with Crippen LogP contribution in [0.25, 0.3) is 0 Å². The van der Waals surface area contributed by atoms with Gasteiger partial charge >= 0.3 is 6.18 Å². The number of rotatable bonds is 4. The van der Waals surface area contributed by atoms with Crippen LogP contribution < -0.4 is 5.32 Å². The van der Waals surface area contributed by atoms with Crippen molar-refractivity contribution in [2.45, 2.75) is 56.8 Å². The molecule has 3 nitrogen and oxygen atoms in total. The highest BCUT2D eigenvalue weighted by molar-refractivity contribution is 4.98. The fraction of sp³-hybridized carbons (Fsp3) is 1.00. The molecule has 2 aliphatic rings. The summed E-state index contributed by atoms with van der Waals surface area (Å²) in [6.07, 6.45) is 1.94. The molecule has 1 aliphatic heterocycles. The fourth-order valence-electron chi connectivity index (χ4n) is 3.33. The minimum absolute atomic E-state index is 0.153. The molecule has 0 aromatic heterocycles. The van der Waals surface area contributed by atoms with Crippen molar-refractivity contribution >= 4 is 0 Å². The monoisotopic (exact) mass is 294 g/mol. The van der Waals surface area contributed by atoms with Crippen LogP contribution in [-0.2, 0) is 4.74 Å². The Morgan fingerprint density at radius 1 is 1.25 bits per heavy atom. The minimum atomic E-state index is -4.22. The smallest absolute Gasteiger partial charge is 0.371 e. The summed E-state index contributed by atoms with van der Waals surface area (Å²) in [5, 5.41) is 3.67. The summed E-state index contributed by atoms with van der Waals surface area (Å²) in [6.45, 7) is 3.56. The Bertz CT molecular complexity index is 303. The topological polar surface area (TPSA) is 24.5 Å². The number of ether oxygens (including phenoxy) is 1. The van der Waals surface area contributed by atoms with Crippen LogP contribution in [-0.4, -0.2) is 55.5 Å². The quantitative estimate of drug-likeness (QED) is 0.807. The first kappa shape index (κ1) is 16.0. The average Bonchev–Trinajstić information content (AvgIpc) is 2.39. The highest BCUT2D eigenvalue weighted by atomic mass is 19.4. The maximum atomic E-state index is 12.0. The molecule has 2 rings (SSSR count). The molecule has 0 aromatic carbocycles. The van der Waals surface area contributed by atoms with Gasteiger partial charge in [0, 0.05) is 31.2 Å². The van der Waals surface area contributed by atoms with Crippen LogP contribution in [0.1, 0.15) is 39.0 Å². The lowest BCUT2D eigenvalue weighted by Gasteiger charge is -2.49. The number of nitrogens with zero attached hydrogens (tertiary/aromatic N) is 1. The van der Waals surface area contributed by atoms with Gasteiger partial charge in [0.15, 0.2) is 0 Å². The van der Waals surface area contributed by atoms with Gasteiger partial charge in [-0.15, -0.1) is 0 Å². The Balaban J connectivity index is 1.77. The van der Waals surface area contributed by atoms with Crippen molar-refractivity contribution in [1.29, 1.82) is 0 Å². The first-order chi connectivity index (χ1) is 9.40. The normalized spacial score (nSPS) is 27.9. The molecule has 1 unspecified atom stereocenters. The lowest BCUT2D eigenvalue weighted by Crippen LogP contribution is -2.64. The van der Waals surface area contributed by atoms with Gasteiger partial charge in [0.1, 0.15) is 6.61 Å². The van der Waals surface area contributed by atoms with Gasteiger partial charge in [-0.05, 0) is 19.8 Å². The summed E-state index contributed by atoms with van der Waals surface area (Å²) in [6, 6.07) is 0.358. The summed E-state index contributed by atoms with van der Waals surface area (Å²) >= 11 is 0. The fourth-order valence-corrected chi connectivity index (χ4v) is 3.33. The van der Waals surface area contributed by atoms with E-state index >= 15 is 0 Å². The molecule has 0 amide bonds. The van der Waals surface area contributed by atoms with Crippen LogP contribution in [0.15, 0.2) is 0 Å². The van der Waals surface area contributed by atoms with E-state index in [0.717, 1.165) is 13.1 Å². The Morgan fingerprint density at radius 2 is 1.95 bits per heavy atom. The zero-order valence-electron chi connectivity index (χ0n) is 12.1. The largest absolute Gasteiger partial charge is 0.411 e. The molecule has 0 aromatic rings. The van der Waals surface area contributed by atoms with Gasteiger partial charge in [-0.3, -0.25) is 4.90 Å². The van der Waals surface area contributed by atoms with E-state index in [0.29, 0.717) is 12.6 Å². The van der Waals surface area contributed by atoms with Crippen molar-refractivity contribution in [1.82, 2.24) is 10.2 Å². The molecule has 118 valence electrons. The third-order valence-corrected chi connectivity index (χ3v) is 4.50. The second kappa shape index (κ2) is 6.62. The zero-order chi connectivity index (χ0) is 14.6. The van der Waals surface area contributed by atoms with Crippen LogP contribution in [0.5, 0.6) is 0 Å². The van der Waals surface area contributed by atoms with E-state index in [-0.39, 0.29) is 12.1 Å². The first-order valence-electron chi connectivity index (χ1n) is 7.54. The van der Waals surface area contributed by atoms with Crippen molar-refractivity contribution in [3.05, 3.63) is 0 Å². The van der Waals surface area contributed by atoms with E-state index in [2.05, 4.69) is 17.1 Å². The summed E-state index contributed by atoms with van der Waals surface area (Å²) in [5.41, 5.74) is 0.189. The van der Waals surface area contributed by atoms with Crippen LogP contribution in [0.2, 0.25) is 0 Å². The number of hydrogen-bond acceptors (Lipinski definition) is 3. The van der Waals surface area contributed by atoms with Gasteiger partial charge in [0.05, 0.1) is 6.61 Å². The molecule has 0 radical (unpaired) electrons. The van der Waals surface area contributed by atoms with Crippen molar-refractivity contribution in [2.24, 2.45) is 0 Å². The van der Waals surface area contributed by atoms with Crippen molar-refractivity contribution in [3.8, 4) is 0 Å². The van der Waals surface area contributed by atoms with E-state index in [1.54, 1.807) is 0 Å². The zero-order valence-corrected chi connectivity index (χ0v) is 12.1. The van der Waals surface area contributed by atoms with Crippen molar-refractivity contribution < 1.29 is 17.9 Å². The SMILES string of the molecule is CC1CNC2(CCCCC2)CN1CCOCC(F)(F)F. The Labute approximate surface area is 118 Å². The number of alkyl halides is 3. The molecule has 6 heteroatoms. The van der Waals surface area contributed by atoms with E-state index < -0.39 is 12.8 Å². The van der Waals surface area contributed by atoms with E-state index in [4.69, 9.17) is 4.74 Å². The molecule has 1 aliphatic carbocycles. The minimum Gasteiger partial charge on any atom is -0.371 e. The van der Waals surface area contributed by atoms with Crippen LogP contribution in [0, 0.1) is 0 Å². The predicted molar refractivity (Wildman–Crippen MR) is 71.7 cm³/mol. The molecule has 1 N–H and O–H groups in total. The van der Waals surface area contributed by atoms with Crippen molar-refractivity contribution in [3.63, 3.8) is 0 Å². The number of halogens is 3. The summed E-state index contributed by atoms with van der Waals surface area (Å²) in [7, 11) is 0. The molecule has 1 spiro atoms. The van der Waals surface area contributed by atoms with E-state index in [1.807, 2.05) is 0 Å². The molecular weight excluding hydrogens is 269 g/mol. The number of piperazine rings is 1. The molecule has 1 saturated heterocycles. The second-order valence-electron chi connectivity index (χ2n) is 6.21. The Kier molecular flexibility index (Phi) is 5.31. The summed E-state index contributed by atoms with van der Waals surface area (Å²) in [5.74, 6) is 0. The Hall–Kier alpha value is -0.330. The van der Waals surface area contributed by atoms with Crippen molar-refractivity contribution in [2.75, 3.05) is 32.8 Å². The lowest BCUT2D eigenvalue weighted by molar-refractivity contribution is -0.175. The van der Waals surface area contributed by atoms with Gasteiger partial charge in [0.25, 0.3) is 0 Å². The first-order valence-corrected chi connectivity index (χ1v) is 7.54. The maximum Gasteiger partial charge on any atom is 0.411 e. The number of nitrogens with one attached hydrogen (secondary N) is 1. The number of hydrogen-bond donors (Lipinski definition) is 1. The van der Waals surface area contributed by atoms with Crippen LogP contribution in [0.4, 0.5) is 13.2 Å². The maximum absolute atomic E-state index is 12.0. The average molecular weight is 294 g/mol. The highest BCUT2D eigenvalue weighted by Crippen LogP contribution is 2.31. The lowest BCUT2D eigenvalue weighted by atomic mass is 9.79. The van der Waals surface area contributed by atoms with Gasteiger partial charge < -0.3 is 10.1 Å². The highest BCUT2D eigenvalue weighted by Gasteiger charge is 2.38. The van der Waals surface area contributed by atoms with Crippen LogP contribution in [0.3, 0.4) is 0 Å². The Morgan fingerprint density at radius 3 is 2.60 bits per heavy atom. The molecular formula is C14H25F3N2O.